The first-order chi connectivity index (χ1) is 12.5. The van der Waals surface area contributed by atoms with Gasteiger partial charge in [0.15, 0.2) is 0 Å². The summed E-state index contributed by atoms with van der Waals surface area (Å²) in [7, 11) is 0. The van der Waals surface area contributed by atoms with Gasteiger partial charge in [0.1, 0.15) is 11.3 Å². The highest BCUT2D eigenvalue weighted by atomic mass is 16.5. The van der Waals surface area contributed by atoms with Gasteiger partial charge in [0, 0.05) is 13.0 Å². The first-order valence-electron chi connectivity index (χ1n) is 8.93. The van der Waals surface area contributed by atoms with E-state index in [1.54, 1.807) is 6.92 Å². The van der Waals surface area contributed by atoms with Gasteiger partial charge in [0.05, 0.1) is 6.61 Å². The molecule has 1 atom stereocenters. The molecule has 2 aromatic carbocycles. The van der Waals surface area contributed by atoms with Crippen LogP contribution in [0.15, 0.2) is 42.5 Å². The van der Waals surface area contributed by atoms with E-state index in [9.17, 15) is 9.59 Å². The van der Waals surface area contributed by atoms with Crippen LogP contribution >= 0.6 is 0 Å². The van der Waals surface area contributed by atoms with Gasteiger partial charge in [-0.15, -0.1) is 0 Å². The van der Waals surface area contributed by atoms with Gasteiger partial charge in [-0.3, -0.25) is 9.69 Å². The average molecular weight is 350 g/mol. The summed E-state index contributed by atoms with van der Waals surface area (Å²) in [6, 6.07) is 13.5. The van der Waals surface area contributed by atoms with E-state index in [4.69, 9.17) is 4.74 Å². The fraction of sp³-hybridized carbons (Fsp3) is 0.333. The second-order valence-electron chi connectivity index (χ2n) is 7.17. The molecule has 1 unspecified atom stereocenters. The van der Waals surface area contributed by atoms with Crippen molar-refractivity contribution in [1.82, 2.24) is 10.2 Å². The van der Waals surface area contributed by atoms with Crippen molar-refractivity contribution >= 4 is 11.9 Å². The molecule has 2 heterocycles. The number of hydrogen-bond acceptors (Lipinski definition) is 3. The molecule has 3 amide bonds. The van der Waals surface area contributed by atoms with Gasteiger partial charge in [-0.25, -0.2) is 4.79 Å². The van der Waals surface area contributed by atoms with Crippen LogP contribution in [0.5, 0.6) is 5.75 Å². The highest BCUT2D eigenvalue weighted by Gasteiger charge is 2.48. The second-order valence-corrected chi connectivity index (χ2v) is 7.17. The number of carbonyl (C=O) groups excluding carboxylic acids is 2. The highest BCUT2D eigenvalue weighted by molar-refractivity contribution is 6.07. The number of ether oxygens (including phenoxy) is 1. The summed E-state index contributed by atoms with van der Waals surface area (Å²) >= 11 is 0. The number of aryl methyl sites for hydroxylation is 1. The minimum absolute atomic E-state index is 0.198. The van der Waals surface area contributed by atoms with E-state index in [0.29, 0.717) is 13.0 Å². The Balaban J connectivity index is 1.50. The largest absolute Gasteiger partial charge is 0.493 e. The standard InChI is InChI=1S/C21H22N2O3/c1-14-3-6-17(7-4-14)21(2)19(24)23(20(25)22-21)11-9-15-5-8-18-16(13-15)10-12-26-18/h3-8,13H,9-12H2,1-2H3,(H,22,25). The van der Waals surface area contributed by atoms with Gasteiger partial charge in [-0.05, 0) is 43.0 Å². The summed E-state index contributed by atoms with van der Waals surface area (Å²) in [4.78, 5) is 26.7. The quantitative estimate of drug-likeness (QED) is 0.863. The minimum Gasteiger partial charge on any atom is -0.493 e. The zero-order valence-electron chi connectivity index (χ0n) is 15.0. The third-order valence-electron chi connectivity index (χ3n) is 5.28. The maximum absolute atomic E-state index is 13.0. The molecule has 26 heavy (non-hydrogen) atoms. The number of amides is 3. The SMILES string of the molecule is Cc1ccc(C2(C)NC(=O)N(CCc3ccc4c(c3)CCO4)C2=O)cc1. The molecule has 1 saturated heterocycles. The maximum atomic E-state index is 13.0. The van der Waals surface area contributed by atoms with Crippen molar-refractivity contribution < 1.29 is 14.3 Å². The number of imide groups is 1. The van der Waals surface area contributed by atoms with Crippen molar-refractivity contribution in [2.75, 3.05) is 13.2 Å². The zero-order valence-corrected chi connectivity index (χ0v) is 15.0. The first kappa shape index (κ1) is 16.6. The molecule has 5 heteroatoms. The van der Waals surface area contributed by atoms with E-state index in [1.807, 2.05) is 43.3 Å². The molecule has 0 aliphatic carbocycles. The maximum Gasteiger partial charge on any atom is 0.325 e. The molecule has 1 fully saturated rings. The fourth-order valence-electron chi connectivity index (χ4n) is 3.62. The Labute approximate surface area is 153 Å². The fourth-order valence-corrected chi connectivity index (χ4v) is 3.62. The molecule has 5 nitrogen and oxygen atoms in total. The lowest BCUT2D eigenvalue weighted by atomic mass is 9.91. The Morgan fingerprint density at radius 3 is 2.69 bits per heavy atom. The Morgan fingerprint density at radius 2 is 1.92 bits per heavy atom. The number of benzene rings is 2. The molecule has 0 saturated carbocycles. The Hall–Kier alpha value is -2.82. The van der Waals surface area contributed by atoms with Crippen molar-refractivity contribution in [2.24, 2.45) is 0 Å². The lowest BCUT2D eigenvalue weighted by molar-refractivity contribution is -0.131. The van der Waals surface area contributed by atoms with Crippen LogP contribution in [-0.4, -0.2) is 30.0 Å². The van der Waals surface area contributed by atoms with Crippen LogP contribution in [0.25, 0.3) is 0 Å². The smallest absolute Gasteiger partial charge is 0.325 e. The van der Waals surface area contributed by atoms with Crippen molar-refractivity contribution in [3.63, 3.8) is 0 Å². The van der Waals surface area contributed by atoms with E-state index in [1.165, 1.54) is 10.5 Å². The van der Waals surface area contributed by atoms with E-state index in [-0.39, 0.29) is 11.9 Å². The zero-order chi connectivity index (χ0) is 18.3. The molecule has 0 radical (unpaired) electrons. The van der Waals surface area contributed by atoms with E-state index < -0.39 is 5.54 Å². The number of fused-ring (bicyclic) bond motifs is 1. The highest BCUT2D eigenvalue weighted by Crippen LogP contribution is 2.30. The van der Waals surface area contributed by atoms with Crippen LogP contribution in [0.1, 0.15) is 29.2 Å². The molecule has 0 bridgehead atoms. The van der Waals surface area contributed by atoms with Crippen LogP contribution in [0.2, 0.25) is 0 Å². The van der Waals surface area contributed by atoms with E-state index in [0.717, 1.165) is 35.5 Å². The lowest BCUT2D eigenvalue weighted by Crippen LogP contribution is -2.41. The molecular formula is C21H22N2O3. The van der Waals surface area contributed by atoms with Gasteiger partial charge >= 0.3 is 6.03 Å². The topological polar surface area (TPSA) is 58.6 Å². The van der Waals surface area contributed by atoms with Crippen LogP contribution in [0.4, 0.5) is 4.79 Å². The van der Waals surface area contributed by atoms with Gasteiger partial charge < -0.3 is 10.1 Å². The lowest BCUT2D eigenvalue weighted by Gasteiger charge is -2.22. The molecule has 2 aliphatic rings. The Bertz CT molecular complexity index is 875. The van der Waals surface area contributed by atoms with Crippen LogP contribution in [0.3, 0.4) is 0 Å². The first-order valence-corrected chi connectivity index (χ1v) is 8.93. The third kappa shape index (κ3) is 2.73. The minimum atomic E-state index is -1.00. The molecule has 0 aromatic heterocycles. The van der Waals surface area contributed by atoms with E-state index >= 15 is 0 Å². The predicted octanol–water partition coefficient (Wildman–Crippen LogP) is 2.94. The van der Waals surface area contributed by atoms with Crippen LogP contribution in [-0.2, 0) is 23.2 Å². The number of hydrogen-bond donors (Lipinski definition) is 1. The number of carbonyl (C=O) groups is 2. The van der Waals surface area contributed by atoms with Gasteiger partial charge in [-0.1, -0.05) is 42.0 Å². The summed E-state index contributed by atoms with van der Waals surface area (Å²) in [6.07, 6.45) is 1.55. The number of nitrogens with one attached hydrogen (secondary N) is 1. The average Bonchev–Trinajstić information content (AvgIpc) is 3.17. The van der Waals surface area contributed by atoms with Crippen LogP contribution < -0.4 is 10.1 Å². The van der Waals surface area contributed by atoms with Crippen LogP contribution in [0, 0.1) is 6.92 Å². The van der Waals surface area contributed by atoms with Crippen molar-refractivity contribution in [1.29, 1.82) is 0 Å². The third-order valence-corrected chi connectivity index (χ3v) is 5.28. The molecule has 134 valence electrons. The Morgan fingerprint density at radius 1 is 1.15 bits per heavy atom. The van der Waals surface area contributed by atoms with E-state index in [2.05, 4.69) is 11.4 Å². The summed E-state index contributed by atoms with van der Waals surface area (Å²) in [5, 5.41) is 2.86. The van der Waals surface area contributed by atoms with Gasteiger partial charge in [0.25, 0.3) is 5.91 Å². The second kappa shape index (κ2) is 6.16. The molecule has 2 aliphatic heterocycles. The van der Waals surface area contributed by atoms with Gasteiger partial charge in [0.2, 0.25) is 0 Å². The molecule has 2 aromatic rings. The predicted molar refractivity (Wildman–Crippen MR) is 98.1 cm³/mol. The Kier molecular flexibility index (Phi) is 3.94. The normalized spacial score (nSPS) is 21.5. The molecular weight excluding hydrogens is 328 g/mol. The van der Waals surface area contributed by atoms with Crippen molar-refractivity contribution in [2.45, 2.75) is 32.2 Å². The van der Waals surface area contributed by atoms with Crippen molar-refractivity contribution in [3.05, 3.63) is 64.7 Å². The molecule has 4 rings (SSSR count). The molecule has 1 N–H and O–H groups in total. The monoisotopic (exact) mass is 350 g/mol. The summed E-state index contributed by atoms with van der Waals surface area (Å²) in [5.41, 5.74) is 3.23. The number of urea groups is 1. The number of rotatable bonds is 4. The summed E-state index contributed by atoms with van der Waals surface area (Å²) < 4.78 is 5.52. The molecule has 0 spiro atoms. The summed E-state index contributed by atoms with van der Waals surface area (Å²) in [6.45, 7) is 4.85. The van der Waals surface area contributed by atoms with Crippen molar-refractivity contribution in [3.8, 4) is 5.75 Å². The number of nitrogens with zero attached hydrogens (tertiary/aromatic N) is 1. The van der Waals surface area contributed by atoms with Gasteiger partial charge in [-0.2, -0.15) is 0 Å². The summed E-state index contributed by atoms with van der Waals surface area (Å²) in [5.74, 6) is 0.742.